The van der Waals surface area contributed by atoms with Crippen LogP contribution in [-0.4, -0.2) is 48.4 Å². The maximum absolute atomic E-state index is 12.5. The zero-order valence-corrected chi connectivity index (χ0v) is 15.0. The van der Waals surface area contributed by atoms with E-state index in [9.17, 15) is 14.4 Å². The van der Waals surface area contributed by atoms with Crippen molar-refractivity contribution in [3.05, 3.63) is 0 Å². The van der Waals surface area contributed by atoms with Crippen molar-refractivity contribution < 1.29 is 33.7 Å². The van der Waals surface area contributed by atoms with Gasteiger partial charge in [-0.15, -0.1) is 0 Å². The average molecular weight is 346 g/mol. The Kier molecular flexibility index (Phi) is 12.3. The molecule has 0 aliphatic carbocycles. The Bertz CT molecular complexity index is 366. The number of Topliss-reactive ketones (excluding diaryl/α,β-unsaturated/α-hetero) is 2. The maximum atomic E-state index is 12.5. The first kappa shape index (κ1) is 22.7. The van der Waals surface area contributed by atoms with Crippen molar-refractivity contribution in [1.82, 2.24) is 0 Å². The van der Waals surface area contributed by atoms with Crippen molar-refractivity contribution in [2.45, 2.75) is 71.7 Å². The standard InChI is InChI=1S/C17H30O7/c1-4-7-10-22-17(23-11-8-5-2,24-12-9-6-3)15(19)13-14(18)16(20)21/h4-13H2,1-3H3,(H,20,21). The first-order chi connectivity index (χ1) is 11.4. The molecule has 0 aliphatic heterocycles. The van der Waals surface area contributed by atoms with E-state index in [0.717, 1.165) is 19.3 Å². The van der Waals surface area contributed by atoms with Gasteiger partial charge in [0.1, 0.15) is 0 Å². The number of carboxylic acids is 1. The quantitative estimate of drug-likeness (QED) is 0.198. The van der Waals surface area contributed by atoms with Crippen molar-refractivity contribution in [2.75, 3.05) is 19.8 Å². The Balaban J connectivity index is 5.19. The van der Waals surface area contributed by atoms with Gasteiger partial charge in [0.25, 0.3) is 0 Å². The van der Waals surface area contributed by atoms with Crippen LogP contribution in [0.25, 0.3) is 0 Å². The van der Waals surface area contributed by atoms with Gasteiger partial charge in [-0.05, 0) is 19.3 Å². The molecule has 0 aromatic heterocycles. The van der Waals surface area contributed by atoms with Crippen LogP contribution in [0.4, 0.5) is 0 Å². The highest BCUT2D eigenvalue weighted by Crippen LogP contribution is 2.21. The maximum Gasteiger partial charge on any atom is 0.372 e. The van der Waals surface area contributed by atoms with Crippen LogP contribution < -0.4 is 0 Å². The van der Waals surface area contributed by atoms with Gasteiger partial charge in [0.05, 0.1) is 26.2 Å². The summed E-state index contributed by atoms with van der Waals surface area (Å²) in [5, 5.41) is 8.71. The molecule has 7 nitrogen and oxygen atoms in total. The summed E-state index contributed by atoms with van der Waals surface area (Å²) < 4.78 is 16.7. The molecule has 0 saturated carbocycles. The van der Waals surface area contributed by atoms with Crippen molar-refractivity contribution in [1.29, 1.82) is 0 Å². The molecule has 0 aromatic rings. The predicted molar refractivity (Wildman–Crippen MR) is 87.6 cm³/mol. The fourth-order valence-electron chi connectivity index (χ4n) is 1.75. The summed E-state index contributed by atoms with van der Waals surface area (Å²) in [6.07, 6.45) is 3.80. The van der Waals surface area contributed by atoms with Crippen LogP contribution in [0.3, 0.4) is 0 Å². The van der Waals surface area contributed by atoms with E-state index in [0.29, 0.717) is 19.3 Å². The highest BCUT2D eigenvalue weighted by molar-refractivity contribution is 6.36. The van der Waals surface area contributed by atoms with E-state index in [1.165, 1.54) is 0 Å². The molecule has 0 atom stereocenters. The summed E-state index contributed by atoms with van der Waals surface area (Å²) in [6.45, 7) is 6.58. The fourth-order valence-corrected chi connectivity index (χ4v) is 1.75. The molecule has 0 spiro atoms. The number of ether oxygens (including phenoxy) is 3. The lowest BCUT2D eigenvalue weighted by Crippen LogP contribution is -2.49. The van der Waals surface area contributed by atoms with Crippen LogP contribution in [0.2, 0.25) is 0 Å². The summed E-state index contributed by atoms with van der Waals surface area (Å²) in [5.74, 6) is -5.67. The summed E-state index contributed by atoms with van der Waals surface area (Å²) in [5.41, 5.74) is 0. The predicted octanol–water partition coefficient (Wildman–Crippen LogP) is 2.70. The minimum absolute atomic E-state index is 0.224. The molecule has 0 heterocycles. The molecule has 0 saturated heterocycles. The molecule has 24 heavy (non-hydrogen) atoms. The molecule has 0 radical (unpaired) electrons. The van der Waals surface area contributed by atoms with Gasteiger partial charge >= 0.3 is 11.9 Å². The smallest absolute Gasteiger partial charge is 0.372 e. The van der Waals surface area contributed by atoms with E-state index in [4.69, 9.17) is 19.3 Å². The Hall–Kier alpha value is -1.31. The van der Waals surface area contributed by atoms with Gasteiger partial charge in [-0.1, -0.05) is 40.0 Å². The van der Waals surface area contributed by atoms with Crippen LogP contribution in [-0.2, 0) is 28.6 Å². The third kappa shape index (κ3) is 8.52. The number of carbonyl (C=O) groups excluding carboxylic acids is 2. The highest BCUT2D eigenvalue weighted by Gasteiger charge is 2.43. The van der Waals surface area contributed by atoms with Gasteiger partial charge in [-0.3, -0.25) is 9.59 Å². The van der Waals surface area contributed by atoms with E-state index >= 15 is 0 Å². The fraction of sp³-hybridized carbons (Fsp3) is 0.824. The normalized spacial score (nSPS) is 11.5. The zero-order chi connectivity index (χ0) is 18.4. The number of carboxylic acid groups (broad SMARTS) is 1. The van der Waals surface area contributed by atoms with E-state index in [-0.39, 0.29) is 19.8 Å². The van der Waals surface area contributed by atoms with E-state index < -0.39 is 29.9 Å². The molecule has 0 fully saturated rings. The Morgan fingerprint density at radius 1 is 0.792 bits per heavy atom. The van der Waals surface area contributed by atoms with Gasteiger partial charge in [0, 0.05) is 0 Å². The third-order valence-corrected chi connectivity index (χ3v) is 3.27. The molecule has 0 aromatic carbocycles. The Morgan fingerprint density at radius 2 is 1.17 bits per heavy atom. The number of unbranched alkanes of at least 4 members (excludes halogenated alkanes) is 3. The first-order valence-corrected chi connectivity index (χ1v) is 8.64. The minimum Gasteiger partial charge on any atom is -0.475 e. The van der Waals surface area contributed by atoms with Crippen molar-refractivity contribution in [2.24, 2.45) is 0 Å². The molecule has 1 N–H and O–H groups in total. The summed E-state index contributed by atoms with van der Waals surface area (Å²) in [7, 11) is 0. The first-order valence-electron chi connectivity index (χ1n) is 8.64. The zero-order valence-electron chi connectivity index (χ0n) is 15.0. The number of ketones is 2. The van der Waals surface area contributed by atoms with Crippen molar-refractivity contribution >= 4 is 17.5 Å². The summed E-state index contributed by atoms with van der Waals surface area (Å²) in [6, 6.07) is 0. The second-order valence-corrected chi connectivity index (χ2v) is 5.49. The SMILES string of the molecule is CCCCOC(OCCCC)(OCCCC)C(=O)CC(=O)C(=O)O. The number of carbonyl (C=O) groups is 3. The molecular weight excluding hydrogens is 316 g/mol. The van der Waals surface area contributed by atoms with Gasteiger partial charge in [-0.25, -0.2) is 4.79 Å². The van der Waals surface area contributed by atoms with Crippen LogP contribution in [0, 0.1) is 0 Å². The van der Waals surface area contributed by atoms with Gasteiger partial charge < -0.3 is 19.3 Å². The lowest BCUT2D eigenvalue weighted by molar-refractivity contribution is -0.354. The lowest BCUT2D eigenvalue weighted by Gasteiger charge is -2.31. The van der Waals surface area contributed by atoms with Crippen LogP contribution in [0.5, 0.6) is 0 Å². The molecule has 7 heteroatoms. The topological polar surface area (TPSA) is 99.1 Å². The molecule has 0 unspecified atom stereocenters. The second-order valence-electron chi connectivity index (χ2n) is 5.49. The van der Waals surface area contributed by atoms with Crippen LogP contribution in [0.15, 0.2) is 0 Å². The van der Waals surface area contributed by atoms with Crippen LogP contribution >= 0.6 is 0 Å². The highest BCUT2D eigenvalue weighted by atomic mass is 16.9. The van der Waals surface area contributed by atoms with Crippen molar-refractivity contribution in [3.8, 4) is 0 Å². The molecule has 0 amide bonds. The largest absolute Gasteiger partial charge is 0.475 e. The third-order valence-electron chi connectivity index (χ3n) is 3.27. The summed E-state index contributed by atoms with van der Waals surface area (Å²) >= 11 is 0. The molecule has 140 valence electrons. The molecule has 0 rings (SSSR count). The van der Waals surface area contributed by atoms with E-state index in [2.05, 4.69) is 0 Å². The van der Waals surface area contributed by atoms with E-state index in [1.54, 1.807) is 0 Å². The second kappa shape index (κ2) is 13.0. The monoisotopic (exact) mass is 346 g/mol. The number of hydrogen-bond acceptors (Lipinski definition) is 6. The number of rotatable bonds is 16. The molecular formula is C17H30O7. The van der Waals surface area contributed by atoms with Gasteiger partial charge in [0.2, 0.25) is 11.6 Å². The van der Waals surface area contributed by atoms with E-state index in [1.807, 2.05) is 20.8 Å². The van der Waals surface area contributed by atoms with Crippen molar-refractivity contribution in [3.63, 3.8) is 0 Å². The minimum atomic E-state index is -2.00. The summed E-state index contributed by atoms with van der Waals surface area (Å²) in [4.78, 5) is 34.6. The Morgan fingerprint density at radius 3 is 1.46 bits per heavy atom. The van der Waals surface area contributed by atoms with Gasteiger partial charge in [-0.2, -0.15) is 0 Å². The lowest BCUT2D eigenvalue weighted by atomic mass is 10.1. The van der Waals surface area contributed by atoms with Gasteiger partial charge in [0.15, 0.2) is 0 Å². The molecule has 0 bridgehead atoms. The average Bonchev–Trinajstić information content (AvgIpc) is 2.54. The Labute approximate surface area is 143 Å². The number of hydrogen-bond donors (Lipinski definition) is 1. The number of aliphatic carboxylic acids is 1. The van der Waals surface area contributed by atoms with Crippen LogP contribution in [0.1, 0.15) is 65.7 Å². The molecule has 0 aliphatic rings.